The van der Waals surface area contributed by atoms with Crippen LogP contribution in [0.2, 0.25) is 0 Å². The van der Waals surface area contributed by atoms with Crippen molar-refractivity contribution < 1.29 is 4.39 Å². The van der Waals surface area contributed by atoms with Crippen molar-refractivity contribution in [3.05, 3.63) is 41.5 Å². The zero-order valence-corrected chi connectivity index (χ0v) is 9.72. The van der Waals surface area contributed by atoms with Gasteiger partial charge in [0.25, 0.3) is 0 Å². The van der Waals surface area contributed by atoms with Crippen LogP contribution in [0, 0.1) is 5.82 Å². The summed E-state index contributed by atoms with van der Waals surface area (Å²) in [5.41, 5.74) is 0.635. The highest BCUT2D eigenvalue weighted by molar-refractivity contribution is 7.09. The van der Waals surface area contributed by atoms with Crippen LogP contribution < -0.4 is 5.32 Å². The maximum absolute atomic E-state index is 13.3. The SMILES string of the molecule is CCc1nsc(NCc2ccccc2F)n1. The number of anilines is 1. The Balaban J connectivity index is 1.99. The van der Waals surface area contributed by atoms with E-state index in [-0.39, 0.29) is 5.82 Å². The largest absolute Gasteiger partial charge is 0.356 e. The summed E-state index contributed by atoms with van der Waals surface area (Å²) in [6.07, 6.45) is 0.817. The van der Waals surface area contributed by atoms with Crippen LogP contribution in [-0.2, 0) is 13.0 Å². The van der Waals surface area contributed by atoms with Gasteiger partial charge in [0.05, 0.1) is 0 Å². The Morgan fingerprint density at radius 3 is 2.88 bits per heavy atom. The molecule has 0 amide bonds. The van der Waals surface area contributed by atoms with Crippen LogP contribution in [-0.4, -0.2) is 9.36 Å². The van der Waals surface area contributed by atoms with Gasteiger partial charge in [0.2, 0.25) is 5.13 Å². The summed E-state index contributed by atoms with van der Waals surface area (Å²) in [6, 6.07) is 6.70. The van der Waals surface area contributed by atoms with Crippen molar-refractivity contribution in [1.82, 2.24) is 9.36 Å². The molecule has 16 heavy (non-hydrogen) atoms. The molecule has 2 rings (SSSR count). The van der Waals surface area contributed by atoms with E-state index in [9.17, 15) is 4.39 Å². The number of aromatic nitrogens is 2. The van der Waals surface area contributed by atoms with Crippen molar-refractivity contribution >= 4 is 16.7 Å². The number of rotatable bonds is 4. The Morgan fingerprint density at radius 2 is 2.19 bits per heavy atom. The first-order valence-corrected chi connectivity index (χ1v) is 5.87. The molecule has 0 saturated heterocycles. The molecule has 0 atom stereocenters. The maximum atomic E-state index is 13.3. The number of benzene rings is 1. The Labute approximate surface area is 97.5 Å². The van der Waals surface area contributed by atoms with Gasteiger partial charge < -0.3 is 5.32 Å². The minimum atomic E-state index is -0.199. The molecule has 2 aromatic rings. The number of nitrogens with one attached hydrogen (secondary N) is 1. The Morgan fingerprint density at radius 1 is 1.38 bits per heavy atom. The second kappa shape index (κ2) is 5.03. The van der Waals surface area contributed by atoms with E-state index in [0.717, 1.165) is 17.4 Å². The van der Waals surface area contributed by atoms with Gasteiger partial charge in [-0.2, -0.15) is 4.37 Å². The van der Waals surface area contributed by atoms with Gasteiger partial charge >= 0.3 is 0 Å². The van der Waals surface area contributed by atoms with E-state index in [4.69, 9.17) is 0 Å². The molecule has 1 heterocycles. The van der Waals surface area contributed by atoms with Gasteiger partial charge in [0.15, 0.2) is 0 Å². The van der Waals surface area contributed by atoms with Gasteiger partial charge in [-0.3, -0.25) is 0 Å². The van der Waals surface area contributed by atoms with Crippen molar-refractivity contribution in [2.75, 3.05) is 5.32 Å². The number of hydrogen-bond acceptors (Lipinski definition) is 4. The molecule has 3 nitrogen and oxygen atoms in total. The molecular weight excluding hydrogens is 225 g/mol. The van der Waals surface area contributed by atoms with Crippen LogP contribution in [0.25, 0.3) is 0 Å². The molecule has 0 spiro atoms. The van der Waals surface area contributed by atoms with Crippen LogP contribution in [0.4, 0.5) is 9.52 Å². The van der Waals surface area contributed by atoms with E-state index in [2.05, 4.69) is 14.7 Å². The summed E-state index contributed by atoms with van der Waals surface area (Å²) in [4.78, 5) is 4.25. The summed E-state index contributed by atoms with van der Waals surface area (Å²) in [5.74, 6) is 0.622. The van der Waals surface area contributed by atoms with Gasteiger partial charge in [-0.1, -0.05) is 25.1 Å². The second-order valence-corrected chi connectivity index (χ2v) is 4.07. The normalized spacial score (nSPS) is 10.4. The fourth-order valence-corrected chi connectivity index (χ4v) is 1.93. The number of aryl methyl sites for hydroxylation is 1. The number of nitrogens with zero attached hydrogens (tertiary/aromatic N) is 2. The molecule has 5 heteroatoms. The highest BCUT2D eigenvalue weighted by Crippen LogP contribution is 2.14. The molecule has 0 fully saturated rings. The van der Waals surface area contributed by atoms with Gasteiger partial charge in [-0.15, -0.1) is 0 Å². The average molecular weight is 237 g/mol. The fraction of sp³-hybridized carbons (Fsp3) is 0.273. The van der Waals surface area contributed by atoms with Crippen molar-refractivity contribution in [3.8, 4) is 0 Å². The van der Waals surface area contributed by atoms with E-state index >= 15 is 0 Å². The summed E-state index contributed by atoms with van der Waals surface area (Å²) < 4.78 is 17.4. The van der Waals surface area contributed by atoms with Gasteiger partial charge in [-0.25, -0.2) is 9.37 Å². The van der Waals surface area contributed by atoms with Crippen LogP contribution in [0.3, 0.4) is 0 Å². The highest BCUT2D eigenvalue weighted by atomic mass is 32.1. The van der Waals surface area contributed by atoms with Gasteiger partial charge in [-0.05, 0) is 6.07 Å². The summed E-state index contributed by atoms with van der Waals surface area (Å²) >= 11 is 1.30. The first-order chi connectivity index (χ1) is 7.79. The molecule has 0 radical (unpaired) electrons. The third kappa shape index (κ3) is 2.55. The topological polar surface area (TPSA) is 37.8 Å². The molecule has 0 saturated carbocycles. The first kappa shape index (κ1) is 11.0. The molecule has 0 bridgehead atoms. The summed E-state index contributed by atoms with van der Waals surface area (Å²) in [6.45, 7) is 2.44. The Hall–Kier alpha value is -1.49. The second-order valence-electron chi connectivity index (χ2n) is 3.31. The highest BCUT2D eigenvalue weighted by Gasteiger charge is 2.03. The zero-order chi connectivity index (χ0) is 11.4. The van der Waals surface area contributed by atoms with E-state index in [1.54, 1.807) is 12.1 Å². The molecule has 84 valence electrons. The first-order valence-electron chi connectivity index (χ1n) is 5.09. The lowest BCUT2D eigenvalue weighted by Crippen LogP contribution is -2.01. The fourth-order valence-electron chi connectivity index (χ4n) is 1.28. The minimum Gasteiger partial charge on any atom is -0.356 e. The zero-order valence-electron chi connectivity index (χ0n) is 8.90. The molecule has 1 aromatic heterocycles. The number of hydrogen-bond donors (Lipinski definition) is 1. The molecule has 1 N–H and O–H groups in total. The molecule has 1 aromatic carbocycles. The Bertz CT molecular complexity index is 470. The monoisotopic (exact) mass is 237 g/mol. The predicted octanol–water partition coefficient (Wildman–Crippen LogP) is 2.85. The summed E-state index contributed by atoms with van der Waals surface area (Å²) in [5, 5.41) is 3.80. The van der Waals surface area contributed by atoms with Crippen molar-refractivity contribution in [3.63, 3.8) is 0 Å². The van der Waals surface area contributed by atoms with Gasteiger partial charge in [0, 0.05) is 30.1 Å². The minimum absolute atomic E-state index is 0.199. The van der Waals surface area contributed by atoms with E-state index in [1.165, 1.54) is 17.6 Å². The van der Waals surface area contributed by atoms with Crippen LogP contribution >= 0.6 is 11.5 Å². The predicted molar refractivity (Wildman–Crippen MR) is 63.0 cm³/mol. The lowest BCUT2D eigenvalue weighted by Gasteiger charge is -2.02. The molecule has 0 aliphatic heterocycles. The van der Waals surface area contributed by atoms with E-state index in [1.807, 2.05) is 13.0 Å². The third-order valence-corrected chi connectivity index (χ3v) is 2.88. The lowest BCUT2D eigenvalue weighted by molar-refractivity contribution is 0.613. The molecule has 0 unspecified atom stereocenters. The van der Waals surface area contributed by atoms with Gasteiger partial charge in [0.1, 0.15) is 11.6 Å². The van der Waals surface area contributed by atoms with E-state index in [0.29, 0.717) is 12.1 Å². The average Bonchev–Trinajstić information content (AvgIpc) is 2.76. The van der Waals surface area contributed by atoms with Crippen LogP contribution in [0.5, 0.6) is 0 Å². The molecule has 0 aliphatic carbocycles. The smallest absolute Gasteiger partial charge is 0.202 e. The standard InChI is InChI=1S/C11H12FN3S/c1-2-10-14-11(16-15-10)13-7-8-5-3-4-6-9(8)12/h3-6H,2,7H2,1H3,(H,13,14,15). The van der Waals surface area contributed by atoms with Crippen LogP contribution in [0.1, 0.15) is 18.3 Å². The number of halogens is 1. The molecular formula is C11H12FN3S. The molecule has 0 aliphatic rings. The lowest BCUT2D eigenvalue weighted by atomic mass is 10.2. The quantitative estimate of drug-likeness (QED) is 0.888. The third-order valence-electron chi connectivity index (χ3n) is 2.17. The maximum Gasteiger partial charge on any atom is 0.202 e. The Kier molecular flexibility index (Phi) is 3.46. The van der Waals surface area contributed by atoms with E-state index < -0.39 is 0 Å². The van der Waals surface area contributed by atoms with Crippen molar-refractivity contribution in [2.24, 2.45) is 0 Å². The van der Waals surface area contributed by atoms with Crippen LogP contribution in [0.15, 0.2) is 24.3 Å². The van der Waals surface area contributed by atoms with Crippen molar-refractivity contribution in [1.29, 1.82) is 0 Å². The summed E-state index contributed by atoms with van der Waals surface area (Å²) in [7, 11) is 0. The van der Waals surface area contributed by atoms with Crippen molar-refractivity contribution in [2.45, 2.75) is 19.9 Å².